The molecule has 1 aromatic carbocycles. The molecule has 0 bridgehead atoms. The topological polar surface area (TPSA) is 64.6 Å². The van der Waals surface area contributed by atoms with Gasteiger partial charge in [-0.25, -0.2) is 4.79 Å². The van der Waals surface area contributed by atoms with E-state index in [0.29, 0.717) is 0 Å². The van der Waals surface area contributed by atoms with Gasteiger partial charge in [0.05, 0.1) is 5.60 Å². The molecular weight excluding hydrogens is 278 g/mol. The van der Waals surface area contributed by atoms with Crippen LogP contribution >= 0.6 is 0 Å². The van der Waals surface area contributed by atoms with Crippen molar-refractivity contribution in [2.24, 2.45) is 5.92 Å². The van der Waals surface area contributed by atoms with Gasteiger partial charge in [0, 0.05) is 31.4 Å². The number of anilines is 1. The van der Waals surface area contributed by atoms with Gasteiger partial charge in [-0.15, -0.1) is 0 Å². The number of benzene rings is 1. The van der Waals surface area contributed by atoms with Gasteiger partial charge in [-0.3, -0.25) is 0 Å². The van der Waals surface area contributed by atoms with Crippen LogP contribution in [0.3, 0.4) is 0 Å². The van der Waals surface area contributed by atoms with E-state index in [4.69, 9.17) is 0 Å². The lowest BCUT2D eigenvalue weighted by Gasteiger charge is -2.28. The number of nitrogens with one attached hydrogen (secondary N) is 2. The molecule has 5 heteroatoms. The SMILES string of the molecule is CC(C)C(C)(O)CNC(=O)NC1CCN(c2ccccc2)C1. The molecule has 22 heavy (non-hydrogen) atoms. The zero-order valence-electron chi connectivity index (χ0n) is 13.7. The van der Waals surface area contributed by atoms with Crippen molar-refractivity contribution in [3.05, 3.63) is 30.3 Å². The molecule has 1 aliphatic heterocycles. The minimum Gasteiger partial charge on any atom is -0.388 e. The van der Waals surface area contributed by atoms with Crippen molar-refractivity contribution in [2.75, 3.05) is 24.5 Å². The first-order chi connectivity index (χ1) is 10.4. The van der Waals surface area contributed by atoms with Crippen molar-refractivity contribution < 1.29 is 9.90 Å². The van der Waals surface area contributed by atoms with Crippen molar-refractivity contribution in [2.45, 2.75) is 38.8 Å². The molecule has 1 fully saturated rings. The van der Waals surface area contributed by atoms with Gasteiger partial charge in [-0.2, -0.15) is 0 Å². The summed E-state index contributed by atoms with van der Waals surface area (Å²) < 4.78 is 0. The number of nitrogens with zero attached hydrogens (tertiary/aromatic N) is 1. The number of rotatable bonds is 5. The van der Waals surface area contributed by atoms with E-state index in [1.165, 1.54) is 5.69 Å². The van der Waals surface area contributed by atoms with Crippen LogP contribution in [0.2, 0.25) is 0 Å². The molecule has 1 saturated heterocycles. The van der Waals surface area contributed by atoms with Crippen molar-refractivity contribution in [1.82, 2.24) is 10.6 Å². The second-order valence-electron chi connectivity index (χ2n) is 6.61. The van der Waals surface area contributed by atoms with Crippen LogP contribution in [0.5, 0.6) is 0 Å². The molecule has 1 aromatic rings. The van der Waals surface area contributed by atoms with Crippen LogP contribution in [0.4, 0.5) is 10.5 Å². The second-order valence-corrected chi connectivity index (χ2v) is 6.61. The molecule has 3 N–H and O–H groups in total. The molecule has 0 spiro atoms. The lowest BCUT2D eigenvalue weighted by Crippen LogP contribution is -2.50. The fourth-order valence-electron chi connectivity index (χ4n) is 2.45. The summed E-state index contributed by atoms with van der Waals surface area (Å²) in [5, 5.41) is 15.9. The van der Waals surface area contributed by atoms with E-state index in [0.717, 1.165) is 19.5 Å². The van der Waals surface area contributed by atoms with Crippen LogP contribution in [-0.4, -0.2) is 42.4 Å². The van der Waals surface area contributed by atoms with Gasteiger partial charge in [0.1, 0.15) is 0 Å². The van der Waals surface area contributed by atoms with E-state index >= 15 is 0 Å². The Kier molecular flexibility index (Phi) is 5.29. The lowest BCUT2D eigenvalue weighted by molar-refractivity contribution is 0.0165. The highest BCUT2D eigenvalue weighted by Crippen LogP contribution is 2.19. The smallest absolute Gasteiger partial charge is 0.315 e. The molecule has 1 aliphatic rings. The Labute approximate surface area is 132 Å². The number of hydrogen-bond acceptors (Lipinski definition) is 3. The highest BCUT2D eigenvalue weighted by Gasteiger charge is 2.27. The standard InChI is InChI=1S/C17H27N3O2/c1-13(2)17(3,22)12-18-16(21)19-14-9-10-20(11-14)15-7-5-4-6-8-15/h4-8,13-14,22H,9-12H2,1-3H3,(H2,18,19,21). The van der Waals surface area contributed by atoms with Gasteiger partial charge < -0.3 is 20.6 Å². The first-order valence-corrected chi connectivity index (χ1v) is 7.95. The van der Waals surface area contributed by atoms with E-state index in [2.05, 4.69) is 27.7 Å². The first kappa shape index (κ1) is 16.6. The van der Waals surface area contributed by atoms with Crippen molar-refractivity contribution in [3.8, 4) is 0 Å². The summed E-state index contributed by atoms with van der Waals surface area (Å²) in [7, 11) is 0. The average molecular weight is 305 g/mol. The number of aliphatic hydroxyl groups is 1. The summed E-state index contributed by atoms with van der Waals surface area (Å²) in [6.07, 6.45) is 0.933. The van der Waals surface area contributed by atoms with Gasteiger partial charge in [0.25, 0.3) is 0 Å². The molecule has 2 rings (SSSR count). The van der Waals surface area contributed by atoms with Crippen LogP contribution in [0.15, 0.2) is 30.3 Å². The van der Waals surface area contributed by atoms with Gasteiger partial charge in [0.2, 0.25) is 0 Å². The van der Waals surface area contributed by atoms with E-state index in [-0.39, 0.29) is 24.5 Å². The summed E-state index contributed by atoms with van der Waals surface area (Å²) in [6, 6.07) is 10.2. The van der Waals surface area contributed by atoms with Crippen LogP contribution in [-0.2, 0) is 0 Å². The maximum atomic E-state index is 12.0. The summed E-state index contributed by atoms with van der Waals surface area (Å²) in [6.45, 7) is 7.63. The summed E-state index contributed by atoms with van der Waals surface area (Å²) in [5.74, 6) is 0.0906. The van der Waals surface area contributed by atoms with Crippen LogP contribution in [0.1, 0.15) is 27.2 Å². The van der Waals surface area contributed by atoms with E-state index in [1.807, 2.05) is 32.0 Å². The van der Waals surface area contributed by atoms with E-state index in [9.17, 15) is 9.90 Å². The van der Waals surface area contributed by atoms with Gasteiger partial charge in [-0.05, 0) is 31.4 Å². The largest absolute Gasteiger partial charge is 0.388 e. The van der Waals surface area contributed by atoms with Gasteiger partial charge in [-0.1, -0.05) is 32.0 Å². The predicted octanol–water partition coefficient (Wildman–Crippen LogP) is 1.97. The lowest BCUT2D eigenvalue weighted by atomic mass is 9.93. The number of urea groups is 1. The Morgan fingerprint density at radius 3 is 2.73 bits per heavy atom. The molecule has 1 heterocycles. The Morgan fingerprint density at radius 2 is 2.09 bits per heavy atom. The van der Waals surface area contributed by atoms with Gasteiger partial charge in [0.15, 0.2) is 0 Å². The fourth-order valence-corrected chi connectivity index (χ4v) is 2.45. The maximum absolute atomic E-state index is 12.0. The summed E-state index contributed by atoms with van der Waals surface area (Å²) in [4.78, 5) is 14.2. The molecule has 0 radical (unpaired) electrons. The molecule has 0 aliphatic carbocycles. The Morgan fingerprint density at radius 1 is 1.41 bits per heavy atom. The number of carbonyl (C=O) groups excluding carboxylic acids is 1. The summed E-state index contributed by atoms with van der Waals surface area (Å²) >= 11 is 0. The zero-order valence-corrected chi connectivity index (χ0v) is 13.7. The summed E-state index contributed by atoms with van der Waals surface area (Å²) in [5.41, 5.74) is 0.304. The van der Waals surface area contributed by atoms with E-state index in [1.54, 1.807) is 6.92 Å². The minimum atomic E-state index is -0.886. The van der Waals surface area contributed by atoms with Crippen LogP contribution in [0.25, 0.3) is 0 Å². The van der Waals surface area contributed by atoms with E-state index < -0.39 is 5.60 Å². The zero-order chi connectivity index (χ0) is 16.2. The Balaban J connectivity index is 1.77. The molecule has 2 atom stereocenters. The van der Waals surface area contributed by atoms with Crippen molar-refractivity contribution in [3.63, 3.8) is 0 Å². The third-order valence-electron chi connectivity index (χ3n) is 4.50. The number of para-hydroxylation sites is 1. The van der Waals surface area contributed by atoms with Crippen LogP contribution in [0, 0.1) is 5.92 Å². The monoisotopic (exact) mass is 305 g/mol. The second kappa shape index (κ2) is 7.01. The first-order valence-electron chi connectivity index (χ1n) is 7.95. The normalized spacial score (nSPS) is 20.8. The predicted molar refractivity (Wildman–Crippen MR) is 89.1 cm³/mol. The quantitative estimate of drug-likeness (QED) is 0.779. The molecule has 2 unspecified atom stereocenters. The third kappa shape index (κ3) is 4.37. The third-order valence-corrected chi connectivity index (χ3v) is 4.50. The number of hydrogen-bond donors (Lipinski definition) is 3. The van der Waals surface area contributed by atoms with Gasteiger partial charge >= 0.3 is 6.03 Å². The van der Waals surface area contributed by atoms with Crippen LogP contribution < -0.4 is 15.5 Å². The minimum absolute atomic E-state index is 0.0906. The van der Waals surface area contributed by atoms with Crippen molar-refractivity contribution in [1.29, 1.82) is 0 Å². The number of amides is 2. The average Bonchev–Trinajstić information content (AvgIpc) is 2.94. The molecule has 2 amide bonds. The molecular formula is C17H27N3O2. The Hall–Kier alpha value is -1.75. The van der Waals surface area contributed by atoms with Crippen molar-refractivity contribution >= 4 is 11.7 Å². The molecule has 5 nitrogen and oxygen atoms in total. The highest BCUT2D eigenvalue weighted by molar-refractivity contribution is 5.74. The maximum Gasteiger partial charge on any atom is 0.315 e. The molecule has 0 saturated carbocycles. The molecule has 0 aromatic heterocycles. The fraction of sp³-hybridized carbons (Fsp3) is 0.588. The number of carbonyl (C=O) groups is 1. The Bertz CT molecular complexity index is 488. The highest BCUT2D eigenvalue weighted by atomic mass is 16.3. The molecule has 122 valence electrons.